The Morgan fingerprint density at radius 1 is 1.47 bits per heavy atom. The molecule has 2 rings (SSSR count). The lowest BCUT2D eigenvalue weighted by Crippen LogP contribution is -2.49. The van der Waals surface area contributed by atoms with Crippen LogP contribution in [0, 0.1) is 11.6 Å². The van der Waals surface area contributed by atoms with E-state index in [-0.39, 0.29) is 17.8 Å². The SMILES string of the molecule is CC1CN(C(=O)c2cccc(F)c2F)CC(CBr)O1. The molecule has 0 saturated carbocycles. The van der Waals surface area contributed by atoms with Crippen molar-refractivity contribution in [1.29, 1.82) is 0 Å². The molecule has 1 aliphatic rings. The van der Waals surface area contributed by atoms with Gasteiger partial charge in [0, 0.05) is 18.4 Å². The number of morpholine rings is 1. The second-order valence-corrected chi connectivity index (χ2v) is 5.18. The number of amides is 1. The van der Waals surface area contributed by atoms with E-state index < -0.39 is 17.5 Å². The minimum Gasteiger partial charge on any atom is -0.371 e. The van der Waals surface area contributed by atoms with Crippen LogP contribution in [0.3, 0.4) is 0 Å². The number of hydrogen-bond acceptors (Lipinski definition) is 2. The van der Waals surface area contributed by atoms with Crippen LogP contribution in [0.4, 0.5) is 8.78 Å². The average molecular weight is 334 g/mol. The molecule has 0 spiro atoms. The zero-order valence-electron chi connectivity index (χ0n) is 10.4. The van der Waals surface area contributed by atoms with E-state index in [1.807, 2.05) is 6.92 Å². The number of benzene rings is 1. The fourth-order valence-electron chi connectivity index (χ4n) is 2.14. The number of alkyl halides is 1. The largest absolute Gasteiger partial charge is 0.371 e. The zero-order valence-corrected chi connectivity index (χ0v) is 12.0. The van der Waals surface area contributed by atoms with Crippen LogP contribution in [0.15, 0.2) is 18.2 Å². The molecule has 6 heteroatoms. The van der Waals surface area contributed by atoms with Gasteiger partial charge < -0.3 is 9.64 Å². The third-order valence-corrected chi connectivity index (χ3v) is 3.69. The molecule has 2 unspecified atom stereocenters. The van der Waals surface area contributed by atoms with Gasteiger partial charge in [-0.15, -0.1) is 0 Å². The van der Waals surface area contributed by atoms with Crippen LogP contribution in [0.25, 0.3) is 0 Å². The smallest absolute Gasteiger partial charge is 0.257 e. The van der Waals surface area contributed by atoms with E-state index in [9.17, 15) is 13.6 Å². The fraction of sp³-hybridized carbons (Fsp3) is 0.462. The molecule has 1 aromatic rings. The Bertz CT molecular complexity index is 484. The van der Waals surface area contributed by atoms with Crippen molar-refractivity contribution in [2.24, 2.45) is 0 Å². The van der Waals surface area contributed by atoms with Crippen molar-refractivity contribution in [2.45, 2.75) is 19.1 Å². The molecule has 1 aromatic carbocycles. The lowest BCUT2D eigenvalue weighted by Gasteiger charge is -2.36. The maximum Gasteiger partial charge on any atom is 0.257 e. The standard InChI is InChI=1S/C13H14BrF2NO2/c1-8-6-17(7-9(5-14)19-8)13(18)10-3-2-4-11(15)12(10)16/h2-4,8-9H,5-7H2,1H3. The lowest BCUT2D eigenvalue weighted by molar-refractivity contribution is -0.0560. The third kappa shape index (κ3) is 3.12. The number of halogens is 3. The molecule has 104 valence electrons. The van der Waals surface area contributed by atoms with Crippen molar-refractivity contribution in [2.75, 3.05) is 18.4 Å². The monoisotopic (exact) mass is 333 g/mol. The molecule has 0 radical (unpaired) electrons. The van der Waals surface area contributed by atoms with E-state index >= 15 is 0 Å². The van der Waals surface area contributed by atoms with E-state index in [1.165, 1.54) is 17.0 Å². The topological polar surface area (TPSA) is 29.5 Å². The third-order valence-electron chi connectivity index (χ3n) is 2.97. The van der Waals surface area contributed by atoms with Crippen LogP contribution in [-0.4, -0.2) is 41.4 Å². The van der Waals surface area contributed by atoms with Gasteiger partial charge in [0.15, 0.2) is 11.6 Å². The van der Waals surface area contributed by atoms with Crippen molar-refractivity contribution in [1.82, 2.24) is 4.90 Å². The summed E-state index contributed by atoms with van der Waals surface area (Å²) in [6.45, 7) is 2.58. The van der Waals surface area contributed by atoms with Gasteiger partial charge in [0.2, 0.25) is 0 Å². The number of carbonyl (C=O) groups excluding carboxylic acids is 1. The lowest BCUT2D eigenvalue weighted by atomic mass is 10.1. The van der Waals surface area contributed by atoms with Crippen molar-refractivity contribution >= 4 is 21.8 Å². The molecular formula is C13H14BrF2NO2. The summed E-state index contributed by atoms with van der Waals surface area (Å²) >= 11 is 3.30. The second kappa shape index (κ2) is 5.96. The summed E-state index contributed by atoms with van der Waals surface area (Å²) in [5, 5.41) is 0.590. The van der Waals surface area contributed by atoms with E-state index in [2.05, 4.69) is 15.9 Å². The molecular weight excluding hydrogens is 320 g/mol. The summed E-state index contributed by atoms with van der Waals surface area (Å²) in [7, 11) is 0. The Morgan fingerprint density at radius 3 is 2.89 bits per heavy atom. The van der Waals surface area contributed by atoms with Crippen molar-refractivity contribution in [3.63, 3.8) is 0 Å². The highest BCUT2D eigenvalue weighted by Gasteiger charge is 2.30. The number of rotatable bonds is 2. The molecule has 1 saturated heterocycles. The summed E-state index contributed by atoms with van der Waals surface area (Å²) in [6.07, 6.45) is -0.263. The van der Waals surface area contributed by atoms with Gasteiger partial charge in [-0.1, -0.05) is 22.0 Å². The highest BCUT2D eigenvalue weighted by molar-refractivity contribution is 9.09. The van der Waals surface area contributed by atoms with E-state index in [4.69, 9.17) is 4.74 Å². The maximum atomic E-state index is 13.6. The number of carbonyl (C=O) groups is 1. The number of hydrogen-bond donors (Lipinski definition) is 0. The predicted octanol–water partition coefficient (Wildman–Crippen LogP) is 2.59. The minimum absolute atomic E-state index is 0.128. The van der Waals surface area contributed by atoms with Crippen LogP contribution < -0.4 is 0 Å². The van der Waals surface area contributed by atoms with Crippen molar-refractivity contribution in [3.05, 3.63) is 35.4 Å². The molecule has 1 aliphatic heterocycles. The van der Waals surface area contributed by atoms with Gasteiger partial charge in [-0.05, 0) is 19.1 Å². The summed E-state index contributed by atoms with van der Waals surface area (Å²) in [5.74, 6) is -2.61. The van der Waals surface area contributed by atoms with Gasteiger partial charge >= 0.3 is 0 Å². The maximum absolute atomic E-state index is 13.6. The molecule has 0 bridgehead atoms. The molecule has 1 fully saturated rings. The molecule has 19 heavy (non-hydrogen) atoms. The first-order chi connectivity index (χ1) is 9.02. The second-order valence-electron chi connectivity index (χ2n) is 4.53. The highest BCUT2D eigenvalue weighted by atomic mass is 79.9. The summed E-state index contributed by atoms with van der Waals surface area (Å²) < 4.78 is 32.4. The quantitative estimate of drug-likeness (QED) is 0.778. The van der Waals surface area contributed by atoms with E-state index in [1.54, 1.807) is 0 Å². The Hall–Kier alpha value is -1.01. The first-order valence-electron chi connectivity index (χ1n) is 5.97. The number of ether oxygens (including phenoxy) is 1. The summed E-state index contributed by atoms with van der Waals surface area (Å²) in [4.78, 5) is 13.7. The Morgan fingerprint density at radius 2 is 2.21 bits per heavy atom. The van der Waals surface area contributed by atoms with Crippen molar-refractivity contribution < 1.29 is 18.3 Å². The molecule has 1 heterocycles. The molecule has 0 aromatic heterocycles. The molecule has 1 amide bonds. The first kappa shape index (κ1) is 14.4. The van der Waals surface area contributed by atoms with Crippen molar-refractivity contribution in [3.8, 4) is 0 Å². The van der Waals surface area contributed by atoms with Gasteiger partial charge in [-0.25, -0.2) is 8.78 Å². The molecule has 3 nitrogen and oxygen atoms in total. The molecule has 0 N–H and O–H groups in total. The van der Waals surface area contributed by atoms with E-state index in [0.29, 0.717) is 18.4 Å². The van der Waals surface area contributed by atoms with Gasteiger partial charge in [-0.3, -0.25) is 4.79 Å². The Kier molecular flexibility index (Phi) is 4.52. The summed E-state index contributed by atoms with van der Waals surface area (Å²) in [6, 6.07) is 3.62. The normalized spacial score (nSPS) is 23.5. The summed E-state index contributed by atoms with van der Waals surface area (Å²) in [5.41, 5.74) is -0.234. The van der Waals surface area contributed by atoms with Gasteiger partial charge in [0.25, 0.3) is 5.91 Å². The number of nitrogens with zero attached hydrogens (tertiary/aromatic N) is 1. The fourth-order valence-corrected chi connectivity index (χ4v) is 2.49. The Balaban J connectivity index is 2.21. The molecule has 2 atom stereocenters. The van der Waals surface area contributed by atoms with Gasteiger partial charge in [-0.2, -0.15) is 0 Å². The molecule has 0 aliphatic carbocycles. The van der Waals surface area contributed by atoms with Gasteiger partial charge in [0.05, 0.1) is 17.8 Å². The van der Waals surface area contributed by atoms with Crippen LogP contribution in [0.5, 0.6) is 0 Å². The van der Waals surface area contributed by atoms with Crippen LogP contribution >= 0.6 is 15.9 Å². The van der Waals surface area contributed by atoms with Gasteiger partial charge in [0.1, 0.15) is 0 Å². The zero-order chi connectivity index (χ0) is 14.0. The predicted molar refractivity (Wildman–Crippen MR) is 70.4 cm³/mol. The first-order valence-corrected chi connectivity index (χ1v) is 7.09. The Labute approximate surface area is 118 Å². The highest BCUT2D eigenvalue weighted by Crippen LogP contribution is 2.18. The van der Waals surface area contributed by atoms with E-state index in [0.717, 1.165) is 6.07 Å². The van der Waals surface area contributed by atoms with Crippen LogP contribution in [0.2, 0.25) is 0 Å². The van der Waals surface area contributed by atoms with Crippen LogP contribution in [0.1, 0.15) is 17.3 Å². The van der Waals surface area contributed by atoms with Crippen LogP contribution in [-0.2, 0) is 4.74 Å². The average Bonchev–Trinajstić information content (AvgIpc) is 2.40. The minimum atomic E-state index is -1.10.